The van der Waals surface area contributed by atoms with Crippen LogP contribution in [0.3, 0.4) is 0 Å². The molecule has 0 bridgehead atoms. The van der Waals surface area contributed by atoms with Crippen molar-refractivity contribution in [2.24, 2.45) is 11.8 Å². The molecular weight excluding hydrogens is 525 g/mol. The zero-order valence-corrected chi connectivity index (χ0v) is 21.4. The summed E-state index contributed by atoms with van der Waals surface area (Å²) in [6.07, 6.45) is -3.45. The molecule has 1 heterocycles. The lowest BCUT2D eigenvalue weighted by molar-refractivity contribution is -0.137. The lowest BCUT2D eigenvalue weighted by Crippen LogP contribution is -2.26. The topological polar surface area (TPSA) is 85.2 Å². The van der Waals surface area contributed by atoms with Gasteiger partial charge in [0.15, 0.2) is 6.29 Å². The highest BCUT2D eigenvalue weighted by molar-refractivity contribution is 5.90. The van der Waals surface area contributed by atoms with E-state index >= 15 is 0 Å². The molecule has 0 aromatic heterocycles. The van der Waals surface area contributed by atoms with Gasteiger partial charge >= 0.3 is 12.1 Å². The summed E-state index contributed by atoms with van der Waals surface area (Å²) in [7, 11) is 0. The van der Waals surface area contributed by atoms with Gasteiger partial charge < -0.3 is 24.4 Å². The Kier molecular flexibility index (Phi) is 8.25. The summed E-state index contributed by atoms with van der Waals surface area (Å²) in [5.74, 6) is -0.962. The molecule has 5 rings (SSSR count). The molecule has 3 aromatic carbocycles. The van der Waals surface area contributed by atoms with E-state index in [-0.39, 0.29) is 30.3 Å². The molecule has 2 fully saturated rings. The summed E-state index contributed by atoms with van der Waals surface area (Å²) >= 11 is 0. The normalized spacial score (nSPS) is 25.1. The number of aliphatic hydroxyl groups excluding tert-OH is 2. The van der Waals surface area contributed by atoms with E-state index in [0.29, 0.717) is 18.4 Å². The maximum atomic E-state index is 13.0. The second-order valence-electron chi connectivity index (χ2n) is 10.0. The molecule has 1 unspecified atom stereocenters. The van der Waals surface area contributed by atoms with Crippen molar-refractivity contribution in [1.82, 2.24) is 0 Å². The van der Waals surface area contributed by atoms with Crippen molar-refractivity contribution in [3.8, 4) is 16.9 Å². The van der Waals surface area contributed by atoms with Crippen LogP contribution in [0.25, 0.3) is 11.1 Å². The lowest BCUT2D eigenvalue weighted by Gasteiger charge is -2.21. The van der Waals surface area contributed by atoms with E-state index in [1.54, 1.807) is 18.2 Å². The van der Waals surface area contributed by atoms with Crippen LogP contribution in [0.4, 0.5) is 13.2 Å². The number of benzene rings is 3. The third-order valence-corrected chi connectivity index (χ3v) is 7.30. The third kappa shape index (κ3) is 6.55. The summed E-state index contributed by atoms with van der Waals surface area (Å²) in [6.45, 7) is -0.268. The third-order valence-electron chi connectivity index (χ3n) is 7.30. The first-order valence-corrected chi connectivity index (χ1v) is 13.0. The molecule has 40 heavy (non-hydrogen) atoms. The fourth-order valence-electron chi connectivity index (χ4n) is 5.32. The second-order valence-corrected chi connectivity index (χ2v) is 10.0. The first-order valence-electron chi connectivity index (χ1n) is 13.0. The molecule has 6 atom stereocenters. The Morgan fingerprint density at radius 1 is 1.00 bits per heavy atom. The lowest BCUT2D eigenvalue weighted by atomic mass is 9.91. The molecule has 0 amide bonds. The molecule has 6 nitrogen and oxygen atoms in total. The minimum absolute atomic E-state index is 0.0133. The highest BCUT2D eigenvalue weighted by Gasteiger charge is 2.50. The zero-order chi connectivity index (χ0) is 28.3. The Morgan fingerprint density at radius 2 is 1.73 bits per heavy atom. The molecule has 2 N–H and O–H groups in total. The van der Waals surface area contributed by atoms with Crippen LogP contribution in [0.1, 0.15) is 28.8 Å². The number of esters is 1. The number of ether oxygens (including phenoxy) is 3. The molecule has 1 saturated carbocycles. The van der Waals surface area contributed by atoms with Crippen LogP contribution in [0.5, 0.6) is 5.75 Å². The zero-order valence-electron chi connectivity index (χ0n) is 21.4. The average Bonchev–Trinajstić information content (AvgIpc) is 3.46. The molecule has 3 aromatic rings. The predicted molar refractivity (Wildman–Crippen MR) is 140 cm³/mol. The number of aliphatic hydroxyl groups is 2. The van der Waals surface area contributed by atoms with Crippen molar-refractivity contribution >= 4 is 5.97 Å². The Bertz CT molecular complexity index is 1320. The van der Waals surface area contributed by atoms with E-state index in [2.05, 4.69) is 0 Å². The smallest absolute Gasteiger partial charge is 0.416 e. The van der Waals surface area contributed by atoms with Crippen LogP contribution in [0.15, 0.2) is 91.0 Å². The number of halogens is 3. The summed E-state index contributed by atoms with van der Waals surface area (Å²) in [6, 6.07) is 21.3. The number of hydrogen-bond donors (Lipinski definition) is 2. The first-order chi connectivity index (χ1) is 19.2. The highest BCUT2D eigenvalue weighted by Crippen LogP contribution is 2.45. The van der Waals surface area contributed by atoms with Crippen molar-refractivity contribution < 1.29 is 42.4 Å². The standard InChI is InChI=1S/C31H29F3O6/c32-31(33,34)22-7-4-8-24(15-22)38-18-23(35)13-14-25-26-16-29(36)39-28(26)17-27(25)40-30(37)21-11-9-20(10-12-21)19-5-2-1-3-6-19/h1-15,23,25-29,35-36H,16-18H2/t23-,25-,26-,27-,28?,29-/m1/s1. The molecule has 0 spiro atoms. The summed E-state index contributed by atoms with van der Waals surface area (Å²) in [5.41, 5.74) is 1.56. The SMILES string of the molecule is O=C(O[C@@H]1CC2O[C@@H](O)C[C@@H]2[C@H]1C=C[C@@H](O)COc1cccc(C(F)(F)F)c1)c1ccc(-c2ccccc2)cc1. The minimum Gasteiger partial charge on any atom is -0.491 e. The average molecular weight is 555 g/mol. The van der Waals surface area contributed by atoms with Crippen LogP contribution in [-0.4, -0.2) is 47.4 Å². The Labute approximate surface area is 229 Å². The van der Waals surface area contributed by atoms with Gasteiger partial charge in [0.05, 0.1) is 17.2 Å². The minimum atomic E-state index is -4.50. The van der Waals surface area contributed by atoms with Gasteiger partial charge in [0.1, 0.15) is 24.6 Å². The van der Waals surface area contributed by atoms with Gasteiger partial charge in [-0.15, -0.1) is 0 Å². The predicted octanol–water partition coefficient (Wildman–Crippen LogP) is 5.64. The van der Waals surface area contributed by atoms with Gasteiger partial charge in [-0.2, -0.15) is 13.2 Å². The van der Waals surface area contributed by atoms with Gasteiger partial charge in [-0.1, -0.05) is 60.7 Å². The largest absolute Gasteiger partial charge is 0.491 e. The van der Waals surface area contributed by atoms with Gasteiger partial charge in [0.25, 0.3) is 0 Å². The van der Waals surface area contributed by atoms with Crippen LogP contribution in [-0.2, 0) is 15.7 Å². The van der Waals surface area contributed by atoms with Gasteiger partial charge in [0, 0.05) is 18.8 Å². The molecule has 210 valence electrons. The van der Waals surface area contributed by atoms with Crippen LogP contribution < -0.4 is 4.74 Å². The maximum absolute atomic E-state index is 13.0. The van der Waals surface area contributed by atoms with Gasteiger partial charge in [-0.3, -0.25) is 0 Å². The van der Waals surface area contributed by atoms with E-state index < -0.39 is 36.2 Å². The number of fused-ring (bicyclic) bond motifs is 1. The summed E-state index contributed by atoms with van der Waals surface area (Å²) in [5, 5.41) is 20.4. The van der Waals surface area contributed by atoms with E-state index in [0.717, 1.165) is 23.3 Å². The maximum Gasteiger partial charge on any atom is 0.416 e. The van der Waals surface area contributed by atoms with Crippen LogP contribution >= 0.6 is 0 Å². The first kappa shape index (κ1) is 27.9. The van der Waals surface area contributed by atoms with Crippen molar-refractivity contribution in [1.29, 1.82) is 0 Å². The summed E-state index contributed by atoms with van der Waals surface area (Å²) in [4.78, 5) is 13.0. The van der Waals surface area contributed by atoms with Crippen molar-refractivity contribution in [2.45, 2.75) is 43.6 Å². The van der Waals surface area contributed by atoms with Gasteiger partial charge in [-0.25, -0.2) is 4.79 Å². The van der Waals surface area contributed by atoms with E-state index in [1.807, 2.05) is 42.5 Å². The molecule has 1 saturated heterocycles. The Morgan fingerprint density at radius 3 is 2.45 bits per heavy atom. The van der Waals surface area contributed by atoms with E-state index in [4.69, 9.17) is 14.2 Å². The number of hydrogen-bond acceptors (Lipinski definition) is 6. The fourth-order valence-corrected chi connectivity index (χ4v) is 5.32. The Hall–Kier alpha value is -3.66. The van der Waals surface area contributed by atoms with Crippen molar-refractivity contribution in [2.75, 3.05) is 6.61 Å². The number of carbonyl (C=O) groups excluding carboxylic acids is 1. The van der Waals surface area contributed by atoms with Crippen LogP contribution in [0, 0.1) is 11.8 Å². The van der Waals surface area contributed by atoms with Gasteiger partial charge in [0.2, 0.25) is 0 Å². The fraction of sp³-hybridized carbons (Fsp3) is 0.323. The quantitative estimate of drug-likeness (QED) is 0.277. The molecule has 9 heteroatoms. The summed E-state index contributed by atoms with van der Waals surface area (Å²) < 4.78 is 55.6. The van der Waals surface area contributed by atoms with Crippen molar-refractivity contribution in [3.63, 3.8) is 0 Å². The Balaban J connectivity index is 1.23. The monoisotopic (exact) mass is 554 g/mol. The number of alkyl halides is 3. The molecule has 0 radical (unpaired) electrons. The van der Waals surface area contributed by atoms with E-state index in [9.17, 15) is 28.2 Å². The highest BCUT2D eigenvalue weighted by atomic mass is 19.4. The molecular formula is C31H29F3O6. The second kappa shape index (κ2) is 11.8. The molecule has 1 aliphatic carbocycles. The van der Waals surface area contributed by atoms with Crippen LogP contribution in [0.2, 0.25) is 0 Å². The number of rotatable bonds is 8. The molecule has 2 aliphatic rings. The van der Waals surface area contributed by atoms with Gasteiger partial charge in [-0.05, 0) is 47.4 Å². The number of carbonyl (C=O) groups is 1. The molecule has 1 aliphatic heterocycles. The van der Waals surface area contributed by atoms with E-state index in [1.165, 1.54) is 18.2 Å². The van der Waals surface area contributed by atoms with Crippen molar-refractivity contribution in [3.05, 3.63) is 102 Å².